The number of hydrogen-bond donors (Lipinski definition) is 0. The molecule has 0 atom stereocenters. The van der Waals surface area contributed by atoms with Gasteiger partial charge in [-0.05, 0) is 55.9 Å². The Hall–Kier alpha value is -1.64. The topological polar surface area (TPSA) is 43.4 Å². The normalized spacial score (nSPS) is 21.4. The maximum Gasteiger partial charge on any atom is 0.229 e. The van der Waals surface area contributed by atoms with Crippen LogP contribution >= 0.6 is 0 Å². The molecule has 20 heavy (non-hydrogen) atoms. The molecule has 2 aliphatic rings. The molecule has 1 fully saturated rings. The van der Waals surface area contributed by atoms with E-state index in [1.165, 1.54) is 0 Å². The van der Waals surface area contributed by atoms with E-state index in [4.69, 9.17) is 4.74 Å². The lowest BCUT2D eigenvalue weighted by atomic mass is 9.72. The van der Waals surface area contributed by atoms with Crippen molar-refractivity contribution in [2.24, 2.45) is 5.41 Å². The van der Waals surface area contributed by atoms with Crippen LogP contribution < -0.4 is 4.74 Å². The van der Waals surface area contributed by atoms with Crippen molar-refractivity contribution < 1.29 is 14.3 Å². The molecule has 1 aromatic carbocycles. The van der Waals surface area contributed by atoms with E-state index in [0.29, 0.717) is 5.56 Å². The fraction of sp³-hybridized carbons (Fsp3) is 0.529. The van der Waals surface area contributed by atoms with Crippen molar-refractivity contribution in [1.29, 1.82) is 0 Å². The summed E-state index contributed by atoms with van der Waals surface area (Å²) in [6.45, 7) is 0. The molecule has 0 aliphatic heterocycles. The fourth-order valence-corrected chi connectivity index (χ4v) is 3.75. The summed E-state index contributed by atoms with van der Waals surface area (Å²) in [5.41, 5.74) is 1.19. The van der Waals surface area contributed by atoms with Crippen molar-refractivity contribution in [2.75, 3.05) is 7.11 Å². The van der Waals surface area contributed by atoms with Crippen molar-refractivity contribution in [3.05, 3.63) is 29.3 Å². The van der Waals surface area contributed by atoms with Gasteiger partial charge in [0, 0.05) is 11.0 Å². The number of aryl methyl sites for hydroxylation is 1. The van der Waals surface area contributed by atoms with E-state index < -0.39 is 0 Å². The summed E-state index contributed by atoms with van der Waals surface area (Å²) in [4.78, 5) is 25.2. The highest BCUT2D eigenvalue weighted by atomic mass is 16.5. The molecular formula is C17H20O3. The number of Topliss-reactive ketones (excluding diaryl/α,β-unsaturated/α-hetero) is 2. The second-order valence-electron chi connectivity index (χ2n) is 6.02. The van der Waals surface area contributed by atoms with Crippen LogP contribution in [-0.4, -0.2) is 18.7 Å². The molecule has 0 radical (unpaired) electrons. The Balaban J connectivity index is 2.00. The van der Waals surface area contributed by atoms with Gasteiger partial charge in [0.2, 0.25) is 11.6 Å². The minimum absolute atomic E-state index is 0.152. The third kappa shape index (κ3) is 2.05. The number of ketones is 2. The quantitative estimate of drug-likeness (QED) is 0.736. The summed E-state index contributed by atoms with van der Waals surface area (Å²) in [6, 6.07) is 5.42. The molecule has 0 heterocycles. The van der Waals surface area contributed by atoms with Gasteiger partial charge in [0.25, 0.3) is 0 Å². The predicted molar refractivity (Wildman–Crippen MR) is 76.2 cm³/mol. The van der Waals surface area contributed by atoms with Gasteiger partial charge in [0.15, 0.2) is 0 Å². The number of ether oxygens (including phenoxy) is 1. The molecule has 0 unspecified atom stereocenters. The Morgan fingerprint density at radius 2 is 1.75 bits per heavy atom. The van der Waals surface area contributed by atoms with Crippen molar-refractivity contribution >= 4 is 11.6 Å². The van der Waals surface area contributed by atoms with Crippen LogP contribution in [0.15, 0.2) is 18.2 Å². The molecule has 1 spiro atoms. The van der Waals surface area contributed by atoms with Crippen LogP contribution in [0.25, 0.3) is 0 Å². The molecule has 0 bridgehead atoms. The lowest BCUT2D eigenvalue weighted by Crippen LogP contribution is -2.36. The van der Waals surface area contributed by atoms with Gasteiger partial charge < -0.3 is 4.74 Å². The van der Waals surface area contributed by atoms with Crippen LogP contribution in [0.2, 0.25) is 0 Å². The van der Waals surface area contributed by atoms with Crippen molar-refractivity contribution in [1.82, 2.24) is 0 Å². The van der Waals surface area contributed by atoms with E-state index in [1.54, 1.807) is 19.2 Å². The van der Waals surface area contributed by atoms with E-state index in [-0.39, 0.29) is 17.0 Å². The molecule has 2 aliphatic carbocycles. The van der Waals surface area contributed by atoms with Gasteiger partial charge in [-0.3, -0.25) is 9.59 Å². The van der Waals surface area contributed by atoms with Gasteiger partial charge in [-0.1, -0.05) is 12.8 Å². The number of hydrogen-bond acceptors (Lipinski definition) is 3. The van der Waals surface area contributed by atoms with Gasteiger partial charge in [0.1, 0.15) is 5.75 Å². The summed E-state index contributed by atoms with van der Waals surface area (Å²) in [7, 11) is 1.62. The number of benzene rings is 1. The highest BCUT2D eigenvalue weighted by Gasteiger charge is 2.44. The Kier molecular flexibility index (Phi) is 3.36. The average molecular weight is 272 g/mol. The SMILES string of the molecule is COc1ccc2c(c1)CCCC1(CCCC1)C(=O)C2=O. The summed E-state index contributed by atoms with van der Waals surface area (Å²) in [5, 5.41) is 0. The largest absolute Gasteiger partial charge is 0.497 e. The molecule has 3 rings (SSSR count). The Labute approximate surface area is 119 Å². The van der Waals surface area contributed by atoms with E-state index in [0.717, 1.165) is 56.3 Å². The Morgan fingerprint density at radius 1 is 1.05 bits per heavy atom. The van der Waals surface area contributed by atoms with Crippen molar-refractivity contribution in [2.45, 2.75) is 44.9 Å². The Morgan fingerprint density at radius 3 is 2.45 bits per heavy atom. The maximum atomic E-state index is 12.7. The first kappa shape index (κ1) is 13.3. The van der Waals surface area contributed by atoms with Crippen LogP contribution in [0.5, 0.6) is 5.75 Å². The zero-order valence-corrected chi connectivity index (χ0v) is 11.9. The molecular weight excluding hydrogens is 252 g/mol. The lowest BCUT2D eigenvalue weighted by Gasteiger charge is -2.29. The minimum atomic E-state index is -0.352. The van der Waals surface area contributed by atoms with Crippen LogP contribution in [0, 0.1) is 5.41 Å². The molecule has 0 saturated heterocycles. The van der Waals surface area contributed by atoms with Gasteiger partial charge in [-0.2, -0.15) is 0 Å². The molecule has 0 aromatic heterocycles. The Bertz CT molecular complexity index is 553. The van der Waals surface area contributed by atoms with Crippen LogP contribution in [-0.2, 0) is 11.2 Å². The highest BCUT2D eigenvalue weighted by molar-refractivity contribution is 6.45. The van der Waals surface area contributed by atoms with E-state index in [2.05, 4.69) is 0 Å². The molecule has 1 saturated carbocycles. The van der Waals surface area contributed by atoms with Crippen LogP contribution in [0.4, 0.5) is 0 Å². The van der Waals surface area contributed by atoms with Crippen LogP contribution in [0.1, 0.15) is 54.4 Å². The summed E-state index contributed by atoms with van der Waals surface area (Å²) < 4.78 is 5.21. The third-order valence-corrected chi connectivity index (χ3v) is 4.91. The first-order chi connectivity index (χ1) is 9.66. The zero-order valence-electron chi connectivity index (χ0n) is 11.9. The third-order valence-electron chi connectivity index (χ3n) is 4.91. The first-order valence-electron chi connectivity index (χ1n) is 7.42. The van der Waals surface area contributed by atoms with Gasteiger partial charge in [0.05, 0.1) is 7.11 Å². The molecule has 0 N–H and O–H groups in total. The molecule has 106 valence electrons. The fourth-order valence-electron chi connectivity index (χ4n) is 3.75. The second kappa shape index (κ2) is 5.04. The number of carbonyl (C=O) groups is 2. The number of fused-ring (bicyclic) bond motifs is 1. The van der Waals surface area contributed by atoms with E-state index >= 15 is 0 Å². The summed E-state index contributed by atoms with van der Waals surface area (Å²) in [5.74, 6) is 0.311. The van der Waals surface area contributed by atoms with Gasteiger partial charge in [-0.25, -0.2) is 0 Å². The summed E-state index contributed by atoms with van der Waals surface area (Å²) >= 11 is 0. The predicted octanol–water partition coefficient (Wildman–Crippen LogP) is 3.34. The van der Waals surface area contributed by atoms with Gasteiger partial charge >= 0.3 is 0 Å². The number of carbonyl (C=O) groups excluding carboxylic acids is 2. The highest BCUT2D eigenvalue weighted by Crippen LogP contribution is 2.45. The maximum absolute atomic E-state index is 12.7. The monoisotopic (exact) mass is 272 g/mol. The van der Waals surface area contributed by atoms with Crippen molar-refractivity contribution in [3.8, 4) is 5.75 Å². The van der Waals surface area contributed by atoms with E-state index in [9.17, 15) is 9.59 Å². The minimum Gasteiger partial charge on any atom is -0.497 e. The number of rotatable bonds is 1. The van der Waals surface area contributed by atoms with Crippen molar-refractivity contribution in [3.63, 3.8) is 0 Å². The zero-order chi connectivity index (χ0) is 14.2. The lowest BCUT2D eigenvalue weighted by molar-refractivity contribution is -0.124. The smallest absolute Gasteiger partial charge is 0.229 e. The number of methoxy groups -OCH3 is 1. The average Bonchev–Trinajstić information content (AvgIpc) is 2.95. The van der Waals surface area contributed by atoms with E-state index in [1.807, 2.05) is 6.07 Å². The molecule has 3 nitrogen and oxygen atoms in total. The second-order valence-corrected chi connectivity index (χ2v) is 6.02. The van der Waals surface area contributed by atoms with Gasteiger partial charge in [-0.15, -0.1) is 0 Å². The molecule has 0 amide bonds. The molecule has 3 heteroatoms. The molecule has 1 aromatic rings. The first-order valence-corrected chi connectivity index (χ1v) is 7.42. The summed E-state index contributed by atoms with van der Waals surface area (Å²) in [6.07, 6.45) is 6.62. The standard InChI is InChI=1S/C17H20O3/c1-20-13-6-7-14-12(11-13)5-4-10-17(8-2-3-9-17)16(19)15(14)18/h6-7,11H,2-5,8-10H2,1H3. The van der Waals surface area contributed by atoms with Crippen LogP contribution in [0.3, 0.4) is 0 Å².